The number of fused-ring (bicyclic) bond motifs is 1. The Bertz CT molecular complexity index is 773. The summed E-state index contributed by atoms with van der Waals surface area (Å²) in [6.07, 6.45) is 7.42. The minimum Gasteiger partial charge on any atom is -0.506 e. The van der Waals surface area contributed by atoms with Crippen LogP contribution in [0.5, 0.6) is 5.75 Å². The highest BCUT2D eigenvalue weighted by Crippen LogP contribution is 2.49. The molecule has 4 atom stereocenters. The number of halogens is 2. The van der Waals surface area contributed by atoms with E-state index in [0.29, 0.717) is 10.0 Å². The molecule has 124 valence electrons. The first-order valence-electron chi connectivity index (χ1n) is 7.75. The molecule has 2 bridgehead atoms. The summed E-state index contributed by atoms with van der Waals surface area (Å²) in [5, 5.41) is 15.2. The molecule has 1 heterocycles. The van der Waals surface area contributed by atoms with Crippen LogP contribution in [0.2, 0.25) is 0 Å². The molecule has 24 heavy (non-hydrogen) atoms. The molecule has 2 amide bonds. The first-order chi connectivity index (χ1) is 11.5. The number of aromatic hydroxyl groups is 1. The number of hydrazone groups is 1. The van der Waals surface area contributed by atoms with E-state index in [0.717, 1.165) is 22.3 Å². The number of allylic oxidation sites excluding steroid dienone is 2. The van der Waals surface area contributed by atoms with Crippen molar-refractivity contribution in [3.05, 3.63) is 38.8 Å². The average molecular weight is 454 g/mol. The number of benzene rings is 1. The Morgan fingerprint density at radius 3 is 2.21 bits per heavy atom. The molecule has 1 N–H and O–H groups in total. The van der Waals surface area contributed by atoms with Gasteiger partial charge in [0.05, 0.1) is 22.5 Å². The highest BCUT2D eigenvalue weighted by atomic mass is 79.9. The minimum atomic E-state index is -0.277. The van der Waals surface area contributed by atoms with Gasteiger partial charge in [-0.15, -0.1) is 0 Å². The molecule has 4 aliphatic rings. The number of nitrogens with zero attached hydrogens (tertiary/aromatic N) is 2. The maximum Gasteiger partial charge on any atom is 0.254 e. The van der Waals surface area contributed by atoms with Crippen molar-refractivity contribution in [2.75, 3.05) is 0 Å². The number of amides is 2. The summed E-state index contributed by atoms with van der Waals surface area (Å²) in [5.41, 5.74) is 0.424. The van der Waals surface area contributed by atoms with Gasteiger partial charge in [-0.1, -0.05) is 28.1 Å². The quantitative estimate of drug-likeness (QED) is 0.423. The second-order valence-electron chi connectivity index (χ2n) is 6.40. The average Bonchev–Trinajstić information content (AvgIpc) is 2.84. The lowest BCUT2D eigenvalue weighted by atomic mass is 9.63. The van der Waals surface area contributed by atoms with E-state index in [4.69, 9.17) is 0 Å². The Morgan fingerprint density at radius 1 is 1.08 bits per heavy atom. The van der Waals surface area contributed by atoms with Crippen molar-refractivity contribution < 1.29 is 14.7 Å². The molecule has 1 aromatic rings. The van der Waals surface area contributed by atoms with Crippen LogP contribution in [-0.4, -0.2) is 28.1 Å². The van der Waals surface area contributed by atoms with Crippen LogP contribution in [0, 0.1) is 23.7 Å². The number of hydrogen-bond acceptors (Lipinski definition) is 4. The van der Waals surface area contributed by atoms with E-state index >= 15 is 0 Å². The van der Waals surface area contributed by atoms with Crippen LogP contribution in [0.4, 0.5) is 0 Å². The smallest absolute Gasteiger partial charge is 0.254 e. The predicted octanol–water partition coefficient (Wildman–Crippen LogP) is 3.45. The van der Waals surface area contributed by atoms with E-state index in [1.165, 1.54) is 6.21 Å². The van der Waals surface area contributed by atoms with Gasteiger partial charge < -0.3 is 5.11 Å². The van der Waals surface area contributed by atoms with Gasteiger partial charge in [-0.2, -0.15) is 10.1 Å². The third-order valence-electron chi connectivity index (χ3n) is 5.11. The van der Waals surface area contributed by atoms with Crippen LogP contribution in [-0.2, 0) is 9.59 Å². The third kappa shape index (κ3) is 2.37. The van der Waals surface area contributed by atoms with E-state index in [9.17, 15) is 14.7 Å². The fourth-order valence-electron chi connectivity index (χ4n) is 3.98. The highest BCUT2D eigenvalue weighted by Gasteiger charge is 2.56. The molecule has 5 rings (SSSR count). The summed E-state index contributed by atoms with van der Waals surface area (Å²) < 4.78 is 1.26. The van der Waals surface area contributed by atoms with E-state index in [1.807, 2.05) is 0 Å². The van der Waals surface area contributed by atoms with Crippen molar-refractivity contribution in [2.24, 2.45) is 28.8 Å². The Hall–Kier alpha value is -1.47. The van der Waals surface area contributed by atoms with Crippen molar-refractivity contribution in [1.82, 2.24) is 5.01 Å². The van der Waals surface area contributed by atoms with Gasteiger partial charge in [0.25, 0.3) is 11.8 Å². The molecule has 5 nitrogen and oxygen atoms in total. The van der Waals surface area contributed by atoms with Crippen molar-refractivity contribution in [3.63, 3.8) is 0 Å². The highest BCUT2D eigenvalue weighted by molar-refractivity contribution is 9.11. The van der Waals surface area contributed by atoms with Crippen molar-refractivity contribution in [1.29, 1.82) is 0 Å². The van der Waals surface area contributed by atoms with Gasteiger partial charge in [-0.05, 0) is 52.7 Å². The number of hydrogen-bond donors (Lipinski definition) is 1. The summed E-state index contributed by atoms with van der Waals surface area (Å²) in [4.78, 5) is 25.3. The standard InChI is InChI=1S/C17H14Br2N2O3/c18-11-5-10(15(22)12(19)6-11)7-20-21-16(23)13-8-1-2-9(4-3-8)14(13)17(21)24/h1-2,5-9,13-14,22H,3-4H2/b20-7-/t8-,9-,13+,14+/m0/s1. The predicted molar refractivity (Wildman–Crippen MR) is 95.3 cm³/mol. The molecule has 1 saturated heterocycles. The zero-order chi connectivity index (χ0) is 17.0. The van der Waals surface area contributed by atoms with E-state index in [2.05, 4.69) is 49.1 Å². The Kier molecular flexibility index (Phi) is 3.88. The number of phenols is 1. The summed E-state index contributed by atoms with van der Waals surface area (Å²) in [6.45, 7) is 0. The molecule has 3 aliphatic carbocycles. The number of rotatable bonds is 2. The normalized spacial score (nSPS) is 31.3. The van der Waals surface area contributed by atoms with Crippen molar-refractivity contribution in [2.45, 2.75) is 12.8 Å². The zero-order valence-electron chi connectivity index (χ0n) is 12.5. The first kappa shape index (κ1) is 16.0. The Labute approximate surface area is 155 Å². The second kappa shape index (κ2) is 5.81. The van der Waals surface area contributed by atoms with Gasteiger partial charge in [-0.3, -0.25) is 9.59 Å². The van der Waals surface area contributed by atoms with Gasteiger partial charge >= 0.3 is 0 Å². The van der Waals surface area contributed by atoms with Gasteiger partial charge in [0, 0.05) is 10.0 Å². The molecule has 0 aromatic heterocycles. The molecule has 0 unspecified atom stereocenters. The molecule has 1 aliphatic heterocycles. The minimum absolute atomic E-state index is 0.0141. The summed E-state index contributed by atoms with van der Waals surface area (Å²) in [6, 6.07) is 3.38. The van der Waals surface area contributed by atoms with E-state index in [1.54, 1.807) is 12.1 Å². The summed E-state index contributed by atoms with van der Waals surface area (Å²) >= 11 is 6.59. The fourth-order valence-corrected chi connectivity index (χ4v) is 5.23. The van der Waals surface area contributed by atoms with E-state index in [-0.39, 0.29) is 41.2 Å². The van der Waals surface area contributed by atoms with Crippen LogP contribution >= 0.6 is 31.9 Å². The van der Waals surface area contributed by atoms with Gasteiger partial charge in [0.1, 0.15) is 5.75 Å². The number of phenolic OH excluding ortho intramolecular Hbond substituents is 1. The molecular weight excluding hydrogens is 440 g/mol. The Morgan fingerprint density at radius 2 is 1.67 bits per heavy atom. The van der Waals surface area contributed by atoms with Crippen LogP contribution < -0.4 is 0 Å². The van der Waals surface area contributed by atoms with Crippen molar-refractivity contribution in [3.8, 4) is 5.75 Å². The molecule has 0 radical (unpaired) electrons. The molecule has 2 fully saturated rings. The topological polar surface area (TPSA) is 70.0 Å². The monoisotopic (exact) mass is 452 g/mol. The number of carbonyl (C=O) groups excluding carboxylic acids is 2. The molecule has 7 heteroatoms. The molecule has 0 spiro atoms. The maximum atomic E-state index is 12.7. The number of carbonyl (C=O) groups is 2. The van der Waals surface area contributed by atoms with Crippen LogP contribution in [0.25, 0.3) is 0 Å². The lowest BCUT2D eigenvalue weighted by molar-refractivity contribution is -0.140. The van der Waals surface area contributed by atoms with Crippen LogP contribution in [0.1, 0.15) is 18.4 Å². The molecule has 1 aromatic carbocycles. The van der Waals surface area contributed by atoms with E-state index < -0.39 is 0 Å². The fraction of sp³-hybridized carbons (Fsp3) is 0.353. The zero-order valence-corrected chi connectivity index (χ0v) is 15.7. The van der Waals surface area contributed by atoms with Crippen molar-refractivity contribution >= 4 is 49.9 Å². The second-order valence-corrected chi connectivity index (χ2v) is 8.17. The SMILES string of the molecule is O=C1[C@H]2[C@H](C(=O)N1/N=C\c1cc(Br)cc(Br)c1O)[C@H]1C=C[C@H]2CC1. The van der Waals surface area contributed by atoms with Crippen LogP contribution in [0.3, 0.4) is 0 Å². The maximum absolute atomic E-state index is 12.7. The van der Waals surface area contributed by atoms with Gasteiger partial charge in [0.2, 0.25) is 0 Å². The molecule has 1 saturated carbocycles. The lowest BCUT2D eigenvalue weighted by Gasteiger charge is -2.37. The third-order valence-corrected chi connectivity index (χ3v) is 6.17. The first-order valence-corrected chi connectivity index (χ1v) is 9.34. The molecular formula is C17H14Br2N2O3. The number of imide groups is 1. The Balaban J connectivity index is 1.64. The largest absolute Gasteiger partial charge is 0.506 e. The van der Waals surface area contributed by atoms with Gasteiger partial charge in [0.15, 0.2) is 0 Å². The summed E-state index contributed by atoms with van der Waals surface area (Å²) in [7, 11) is 0. The summed E-state index contributed by atoms with van der Waals surface area (Å²) in [5.74, 6) is -0.708. The lowest BCUT2D eigenvalue weighted by Crippen LogP contribution is -2.38. The van der Waals surface area contributed by atoms with Crippen LogP contribution in [0.15, 0.2) is 38.3 Å². The van der Waals surface area contributed by atoms with Gasteiger partial charge in [-0.25, -0.2) is 0 Å².